The average molecular weight is 457 g/mol. The van der Waals surface area contributed by atoms with Crippen LogP contribution in [-0.4, -0.2) is 28.7 Å². The number of carbonyl (C=O) groups excluding carboxylic acids is 1. The van der Waals surface area contributed by atoms with Gasteiger partial charge in [-0.05, 0) is 92.3 Å². The predicted octanol–water partition coefficient (Wildman–Crippen LogP) is 6.63. The van der Waals surface area contributed by atoms with Gasteiger partial charge in [-0.15, -0.1) is 0 Å². The summed E-state index contributed by atoms with van der Waals surface area (Å²) in [4.78, 5) is 13.9. The number of allylic oxidation sites excluding steroid dienone is 3. The first-order valence-corrected chi connectivity index (χ1v) is 13.5. The summed E-state index contributed by atoms with van der Waals surface area (Å²) in [6, 6.07) is 0. The Hall–Kier alpha value is -0.930. The zero-order valence-corrected chi connectivity index (χ0v) is 22.3. The van der Waals surface area contributed by atoms with Crippen LogP contribution < -0.4 is 0 Å². The van der Waals surface area contributed by atoms with E-state index in [1.54, 1.807) is 0 Å². The van der Waals surface area contributed by atoms with Crippen molar-refractivity contribution in [3.63, 3.8) is 0 Å². The molecule has 0 aromatic heterocycles. The van der Waals surface area contributed by atoms with Gasteiger partial charge in [0.25, 0.3) is 0 Å². The van der Waals surface area contributed by atoms with Gasteiger partial charge in [0.15, 0.2) is 5.78 Å². The van der Waals surface area contributed by atoms with Crippen molar-refractivity contribution in [2.45, 2.75) is 112 Å². The largest absolute Gasteiger partial charge is 0.393 e. The van der Waals surface area contributed by atoms with Crippen molar-refractivity contribution in [3.05, 3.63) is 22.8 Å². The molecular formula is C30H48O3. The molecule has 0 unspecified atom stereocenters. The standard InChI is InChI=1S/C30H48O3/c1-19(18-31)9-8-10-20(2)21-11-16-30(7)26-22(12-15-29(21,30)6)28(5)14-13-25(33)27(3,4)24(28)17-23(26)32/h9,20-21,24-25,31,33H,8,10-18H2,1-7H3/t20-,21-,24+,25+,28-,29-,30+/m1/s1. The van der Waals surface area contributed by atoms with Crippen molar-refractivity contribution in [2.75, 3.05) is 6.61 Å². The molecule has 0 spiro atoms. The van der Waals surface area contributed by atoms with E-state index in [2.05, 4.69) is 47.6 Å². The topological polar surface area (TPSA) is 57.5 Å². The zero-order chi connectivity index (χ0) is 24.4. The molecule has 7 atom stereocenters. The van der Waals surface area contributed by atoms with Crippen LogP contribution in [0.2, 0.25) is 0 Å². The van der Waals surface area contributed by atoms with Gasteiger partial charge in [-0.2, -0.15) is 0 Å². The lowest BCUT2D eigenvalue weighted by atomic mass is 9.43. The fraction of sp³-hybridized carbons (Fsp3) is 0.833. The molecule has 0 heterocycles. The molecule has 4 aliphatic rings. The van der Waals surface area contributed by atoms with Gasteiger partial charge in [-0.25, -0.2) is 0 Å². The molecule has 0 aromatic rings. The third-order valence-electron chi connectivity index (χ3n) is 11.7. The second kappa shape index (κ2) is 8.33. The molecule has 0 radical (unpaired) electrons. The number of rotatable bonds is 5. The van der Waals surface area contributed by atoms with E-state index in [4.69, 9.17) is 0 Å². The maximum Gasteiger partial charge on any atom is 0.159 e. The molecule has 186 valence electrons. The Balaban J connectivity index is 1.67. The lowest BCUT2D eigenvalue weighted by molar-refractivity contribution is -0.134. The SMILES string of the molecule is CC(=CCC[C@@H](C)[C@H]1CC[C@@]2(C)C3=C(CC[C@]12C)[C@@]1(C)CC[C@H](O)C(C)(C)[C@@H]1CC3=O)CO. The van der Waals surface area contributed by atoms with E-state index in [0.29, 0.717) is 24.0 Å². The van der Waals surface area contributed by atoms with Gasteiger partial charge in [0.1, 0.15) is 0 Å². The molecule has 0 amide bonds. The van der Waals surface area contributed by atoms with E-state index < -0.39 is 0 Å². The van der Waals surface area contributed by atoms with Crippen molar-refractivity contribution in [2.24, 2.45) is 39.4 Å². The van der Waals surface area contributed by atoms with Crippen LogP contribution in [0.1, 0.15) is 106 Å². The van der Waals surface area contributed by atoms with Gasteiger partial charge in [-0.1, -0.05) is 58.8 Å². The summed E-state index contributed by atoms with van der Waals surface area (Å²) in [7, 11) is 0. The molecule has 2 fully saturated rings. The van der Waals surface area contributed by atoms with Crippen LogP contribution in [-0.2, 0) is 4.79 Å². The second-order valence-electron chi connectivity index (χ2n) is 13.5. The van der Waals surface area contributed by atoms with E-state index in [1.165, 1.54) is 24.0 Å². The summed E-state index contributed by atoms with van der Waals surface area (Å²) in [5.74, 6) is 1.89. The number of aliphatic hydroxyl groups is 2. The van der Waals surface area contributed by atoms with E-state index in [-0.39, 0.29) is 40.3 Å². The average Bonchev–Trinajstić information content (AvgIpc) is 3.04. The third-order valence-corrected chi connectivity index (χ3v) is 11.7. The number of ketones is 1. The van der Waals surface area contributed by atoms with Gasteiger partial charge in [0.05, 0.1) is 12.7 Å². The van der Waals surface area contributed by atoms with Gasteiger partial charge in [0.2, 0.25) is 0 Å². The molecule has 3 heteroatoms. The number of hydrogen-bond donors (Lipinski definition) is 2. The van der Waals surface area contributed by atoms with Gasteiger partial charge < -0.3 is 10.2 Å². The van der Waals surface area contributed by atoms with E-state index in [0.717, 1.165) is 44.1 Å². The summed E-state index contributed by atoms with van der Waals surface area (Å²) in [5, 5.41) is 20.1. The molecular weight excluding hydrogens is 408 g/mol. The van der Waals surface area contributed by atoms with Crippen LogP contribution in [0, 0.1) is 39.4 Å². The van der Waals surface area contributed by atoms with Crippen LogP contribution in [0.15, 0.2) is 22.8 Å². The minimum absolute atomic E-state index is 0.0262. The molecule has 0 saturated heterocycles. The third kappa shape index (κ3) is 3.54. The Kier molecular flexibility index (Phi) is 6.35. The smallest absolute Gasteiger partial charge is 0.159 e. The van der Waals surface area contributed by atoms with Crippen LogP contribution in [0.4, 0.5) is 0 Å². The normalized spacial score (nSPS) is 43.7. The summed E-state index contributed by atoms with van der Waals surface area (Å²) < 4.78 is 0. The molecule has 4 aliphatic carbocycles. The molecule has 2 N–H and O–H groups in total. The summed E-state index contributed by atoms with van der Waals surface area (Å²) in [6.45, 7) is 16.3. The van der Waals surface area contributed by atoms with E-state index >= 15 is 0 Å². The Bertz CT molecular complexity index is 866. The molecule has 4 rings (SSSR count). The summed E-state index contributed by atoms with van der Waals surface area (Å²) in [5.41, 5.74) is 3.73. The highest BCUT2D eigenvalue weighted by molar-refractivity contribution is 5.99. The van der Waals surface area contributed by atoms with Crippen LogP contribution in [0.5, 0.6) is 0 Å². The molecule has 3 nitrogen and oxygen atoms in total. The molecule has 33 heavy (non-hydrogen) atoms. The number of carbonyl (C=O) groups is 1. The predicted molar refractivity (Wildman–Crippen MR) is 135 cm³/mol. The van der Waals surface area contributed by atoms with Gasteiger partial charge >= 0.3 is 0 Å². The summed E-state index contributed by atoms with van der Waals surface area (Å²) in [6.07, 6.45) is 11.1. The van der Waals surface area contributed by atoms with Crippen molar-refractivity contribution < 1.29 is 15.0 Å². The first-order chi connectivity index (χ1) is 15.3. The number of Topliss-reactive ketones (excluding diaryl/α,β-unsaturated/α-hetero) is 1. The number of aliphatic hydroxyl groups excluding tert-OH is 2. The Morgan fingerprint density at radius 2 is 1.82 bits per heavy atom. The van der Waals surface area contributed by atoms with Crippen molar-refractivity contribution in [1.29, 1.82) is 0 Å². The molecule has 0 aromatic carbocycles. The Morgan fingerprint density at radius 3 is 2.48 bits per heavy atom. The maximum absolute atomic E-state index is 13.9. The van der Waals surface area contributed by atoms with Crippen LogP contribution in [0.3, 0.4) is 0 Å². The van der Waals surface area contributed by atoms with Crippen LogP contribution >= 0.6 is 0 Å². The van der Waals surface area contributed by atoms with Crippen molar-refractivity contribution in [3.8, 4) is 0 Å². The minimum Gasteiger partial charge on any atom is -0.393 e. The highest BCUT2D eigenvalue weighted by Gasteiger charge is 2.65. The van der Waals surface area contributed by atoms with E-state index in [1.807, 2.05) is 6.92 Å². The van der Waals surface area contributed by atoms with E-state index in [9.17, 15) is 15.0 Å². The van der Waals surface area contributed by atoms with Crippen molar-refractivity contribution >= 4 is 5.78 Å². The van der Waals surface area contributed by atoms with Gasteiger partial charge in [-0.3, -0.25) is 4.79 Å². The Morgan fingerprint density at radius 1 is 1.12 bits per heavy atom. The second-order valence-corrected chi connectivity index (χ2v) is 13.5. The lowest BCUT2D eigenvalue weighted by Crippen LogP contribution is -2.57. The minimum atomic E-state index is -0.310. The van der Waals surface area contributed by atoms with Crippen molar-refractivity contribution in [1.82, 2.24) is 0 Å². The quantitative estimate of drug-likeness (QED) is 0.456. The maximum atomic E-state index is 13.9. The lowest BCUT2D eigenvalue weighted by Gasteiger charge is -2.61. The number of hydrogen-bond acceptors (Lipinski definition) is 3. The van der Waals surface area contributed by atoms with Crippen LogP contribution in [0.25, 0.3) is 0 Å². The molecule has 0 bridgehead atoms. The monoisotopic (exact) mass is 456 g/mol. The summed E-state index contributed by atoms with van der Waals surface area (Å²) >= 11 is 0. The first-order valence-electron chi connectivity index (χ1n) is 13.5. The zero-order valence-electron chi connectivity index (χ0n) is 22.3. The Labute approximate surface area is 202 Å². The molecule has 0 aliphatic heterocycles. The number of fused-ring (bicyclic) bond motifs is 4. The fourth-order valence-corrected chi connectivity index (χ4v) is 9.16. The highest BCUT2D eigenvalue weighted by Crippen LogP contribution is 2.71. The van der Waals surface area contributed by atoms with Gasteiger partial charge in [0, 0.05) is 17.4 Å². The first kappa shape index (κ1) is 25.2. The highest BCUT2D eigenvalue weighted by atomic mass is 16.3. The fourth-order valence-electron chi connectivity index (χ4n) is 9.16. The molecule has 2 saturated carbocycles.